The van der Waals surface area contributed by atoms with E-state index >= 15 is 0 Å². The Morgan fingerprint density at radius 2 is 2.00 bits per heavy atom. The van der Waals surface area contributed by atoms with E-state index in [9.17, 15) is 0 Å². The third kappa shape index (κ3) is 6.38. The zero-order chi connectivity index (χ0) is 18.1. The fourth-order valence-corrected chi connectivity index (χ4v) is 3.42. The Balaban J connectivity index is 1.70. The van der Waals surface area contributed by atoms with E-state index in [-0.39, 0.29) is 0 Å². The van der Waals surface area contributed by atoms with Crippen molar-refractivity contribution in [2.75, 3.05) is 27.2 Å². The third-order valence-electron chi connectivity index (χ3n) is 3.87. The van der Waals surface area contributed by atoms with Crippen molar-refractivity contribution in [1.82, 2.24) is 15.6 Å². The lowest BCUT2D eigenvalue weighted by molar-refractivity contribution is 0.409. The van der Waals surface area contributed by atoms with Crippen molar-refractivity contribution >= 4 is 17.3 Å². The number of aromatic nitrogens is 1. The maximum atomic E-state index is 5.43. The summed E-state index contributed by atoms with van der Waals surface area (Å²) < 4.78 is 5.43. The minimum absolute atomic E-state index is 0.811. The second-order valence-electron chi connectivity index (χ2n) is 5.98. The zero-order valence-corrected chi connectivity index (χ0v) is 16.4. The molecular formula is C19H28N4OS. The number of nitrogens with one attached hydrogen (secondary N) is 2. The highest BCUT2D eigenvalue weighted by Crippen LogP contribution is 2.19. The highest BCUT2D eigenvalue weighted by Gasteiger charge is 2.04. The molecule has 0 saturated carbocycles. The summed E-state index contributed by atoms with van der Waals surface area (Å²) >= 11 is 1.73. The first-order chi connectivity index (χ1) is 12.1. The normalized spacial score (nSPS) is 11.4. The molecular weight excluding hydrogens is 332 g/mol. The summed E-state index contributed by atoms with van der Waals surface area (Å²) in [7, 11) is 3.51. The van der Waals surface area contributed by atoms with Crippen LogP contribution in [-0.4, -0.2) is 38.2 Å². The van der Waals surface area contributed by atoms with Crippen LogP contribution in [0.5, 0.6) is 5.75 Å². The quantitative estimate of drug-likeness (QED) is 0.431. The largest absolute Gasteiger partial charge is 0.496 e. The van der Waals surface area contributed by atoms with Crippen LogP contribution >= 0.6 is 11.3 Å². The van der Waals surface area contributed by atoms with Crippen molar-refractivity contribution in [2.45, 2.75) is 33.1 Å². The smallest absolute Gasteiger partial charge is 0.190 e. The van der Waals surface area contributed by atoms with Crippen LogP contribution in [0.25, 0.3) is 0 Å². The lowest BCUT2D eigenvalue weighted by Crippen LogP contribution is -2.38. The SMILES string of the molecule is CN=C(NCCCc1nc(C)cs1)NCCc1cc(C)ccc1OC. The van der Waals surface area contributed by atoms with Crippen LogP contribution in [0.2, 0.25) is 0 Å². The van der Waals surface area contributed by atoms with Gasteiger partial charge in [-0.25, -0.2) is 4.98 Å². The van der Waals surface area contributed by atoms with E-state index in [0.29, 0.717) is 0 Å². The van der Waals surface area contributed by atoms with E-state index in [2.05, 4.69) is 45.0 Å². The summed E-state index contributed by atoms with van der Waals surface area (Å²) in [6, 6.07) is 6.27. The second-order valence-corrected chi connectivity index (χ2v) is 6.92. The van der Waals surface area contributed by atoms with E-state index in [1.807, 2.05) is 13.0 Å². The number of guanidine groups is 1. The first kappa shape index (κ1) is 19.2. The van der Waals surface area contributed by atoms with Crippen molar-refractivity contribution < 1.29 is 4.74 Å². The fraction of sp³-hybridized carbons (Fsp3) is 0.474. The molecule has 25 heavy (non-hydrogen) atoms. The summed E-state index contributed by atoms with van der Waals surface area (Å²) in [4.78, 5) is 8.77. The molecule has 136 valence electrons. The lowest BCUT2D eigenvalue weighted by Gasteiger charge is -2.13. The van der Waals surface area contributed by atoms with Gasteiger partial charge in [-0.05, 0) is 38.3 Å². The zero-order valence-electron chi connectivity index (χ0n) is 15.6. The van der Waals surface area contributed by atoms with Crippen molar-refractivity contribution in [3.05, 3.63) is 45.4 Å². The minimum atomic E-state index is 0.811. The van der Waals surface area contributed by atoms with Crippen molar-refractivity contribution in [2.24, 2.45) is 4.99 Å². The Morgan fingerprint density at radius 3 is 2.68 bits per heavy atom. The molecule has 6 heteroatoms. The topological polar surface area (TPSA) is 58.5 Å². The van der Waals surface area contributed by atoms with Gasteiger partial charge in [0.1, 0.15) is 5.75 Å². The number of hydrogen-bond donors (Lipinski definition) is 2. The second kappa shape index (κ2) is 10.0. The predicted molar refractivity (Wildman–Crippen MR) is 106 cm³/mol. The summed E-state index contributed by atoms with van der Waals surface area (Å²) in [5.74, 6) is 1.77. The number of rotatable bonds is 8. The van der Waals surface area contributed by atoms with Crippen LogP contribution in [0.3, 0.4) is 0 Å². The molecule has 0 spiro atoms. The first-order valence-corrected chi connectivity index (χ1v) is 9.49. The average molecular weight is 361 g/mol. The van der Waals surface area contributed by atoms with Crippen molar-refractivity contribution in [3.63, 3.8) is 0 Å². The number of thiazole rings is 1. The minimum Gasteiger partial charge on any atom is -0.496 e. The first-order valence-electron chi connectivity index (χ1n) is 8.61. The predicted octanol–water partition coefficient (Wildman–Crippen LogP) is 3.11. The molecule has 0 bridgehead atoms. The summed E-state index contributed by atoms with van der Waals surface area (Å²) in [6.07, 6.45) is 2.94. The molecule has 0 radical (unpaired) electrons. The standard InChI is InChI=1S/C19H28N4OS/c1-14-7-8-17(24-4)16(12-14)9-11-22-19(20-3)21-10-5-6-18-23-15(2)13-25-18/h7-8,12-13H,5-6,9-11H2,1-4H3,(H2,20,21,22). The average Bonchev–Trinajstić information content (AvgIpc) is 3.02. The molecule has 5 nitrogen and oxygen atoms in total. The van der Waals surface area contributed by atoms with Gasteiger partial charge in [-0.2, -0.15) is 0 Å². The molecule has 0 fully saturated rings. The van der Waals surface area contributed by atoms with E-state index in [1.165, 1.54) is 16.1 Å². The molecule has 2 aromatic rings. The van der Waals surface area contributed by atoms with E-state index in [4.69, 9.17) is 4.74 Å². The Labute approximate surface area is 154 Å². The van der Waals surface area contributed by atoms with Gasteiger partial charge in [0.25, 0.3) is 0 Å². The van der Waals surface area contributed by atoms with Gasteiger partial charge in [-0.15, -0.1) is 11.3 Å². The Bertz CT molecular complexity index is 696. The molecule has 0 saturated heterocycles. The lowest BCUT2D eigenvalue weighted by atomic mass is 10.1. The van der Waals surface area contributed by atoms with Gasteiger partial charge in [0.2, 0.25) is 0 Å². The fourth-order valence-electron chi connectivity index (χ4n) is 2.60. The molecule has 0 unspecified atom stereocenters. The molecule has 0 atom stereocenters. The Kier molecular flexibility index (Phi) is 7.73. The van der Waals surface area contributed by atoms with Crippen LogP contribution < -0.4 is 15.4 Å². The van der Waals surface area contributed by atoms with Crippen LogP contribution in [0, 0.1) is 13.8 Å². The highest BCUT2D eigenvalue weighted by atomic mass is 32.1. The van der Waals surface area contributed by atoms with Gasteiger partial charge in [-0.1, -0.05) is 17.7 Å². The number of ether oxygens (including phenoxy) is 1. The Morgan fingerprint density at radius 1 is 1.20 bits per heavy atom. The molecule has 2 rings (SSSR count). The summed E-state index contributed by atoms with van der Waals surface area (Å²) in [6.45, 7) is 5.82. The van der Waals surface area contributed by atoms with E-state index in [0.717, 1.165) is 49.8 Å². The van der Waals surface area contributed by atoms with Gasteiger partial charge in [-0.3, -0.25) is 4.99 Å². The monoisotopic (exact) mass is 360 g/mol. The van der Waals surface area contributed by atoms with Crippen molar-refractivity contribution in [3.8, 4) is 5.75 Å². The molecule has 2 N–H and O–H groups in total. The molecule has 0 aliphatic rings. The number of methoxy groups -OCH3 is 1. The van der Waals surface area contributed by atoms with Crippen molar-refractivity contribution in [1.29, 1.82) is 0 Å². The molecule has 1 heterocycles. The molecule has 1 aromatic heterocycles. The number of aryl methyl sites for hydroxylation is 3. The molecule has 1 aromatic carbocycles. The van der Waals surface area contributed by atoms with Gasteiger partial charge in [0.05, 0.1) is 12.1 Å². The van der Waals surface area contributed by atoms with E-state index in [1.54, 1.807) is 25.5 Å². The van der Waals surface area contributed by atoms with Gasteiger partial charge < -0.3 is 15.4 Å². The van der Waals surface area contributed by atoms with Crippen LogP contribution in [0.1, 0.15) is 28.2 Å². The number of nitrogens with zero attached hydrogens (tertiary/aromatic N) is 2. The molecule has 0 aliphatic heterocycles. The highest BCUT2D eigenvalue weighted by molar-refractivity contribution is 7.09. The van der Waals surface area contributed by atoms with Crippen LogP contribution in [0.15, 0.2) is 28.6 Å². The maximum Gasteiger partial charge on any atom is 0.190 e. The van der Waals surface area contributed by atoms with Gasteiger partial charge in [0, 0.05) is 37.6 Å². The number of aliphatic imine (C=N–C) groups is 1. The van der Waals surface area contributed by atoms with Crippen LogP contribution in [-0.2, 0) is 12.8 Å². The molecule has 0 aliphatic carbocycles. The number of hydrogen-bond acceptors (Lipinski definition) is 4. The summed E-state index contributed by atoms with van der Waals surface area (Å²) in [5.41, 5.74) is 3.57. The maximum absolute atomic E-state index is 5.43. The van der Waals surface area contributed by atoms with Gasteiger partial charge in [0.15, 0.2) is 5.96 Å². The third-order valence-corrected chi connectivity index (χ3v) is 4.90. The van der Waals surface area contributed by atoms with Crippen LogP contribution in [0.4, 0.5) is 0 Å². The van der Waals surface area contributed by atoms with Gasteiger partial charge >= 0.3 is 0 Å². The summed E-state index contributed by atoms with van der Waals surface area (Å²) in [5, 5.41) is 10.0. The number of benzene rings is 1. The molecule has 0 amide bonds. The van der Waals surface area contributed by atoms with E-state index < -0.39 is 0 Å². The Hall–Kier alpha value is -2.08.